The van der Waals surface area contributed by atoms with Crippen LogP contribution in [-0.4, -0.2) is 38.1 Å². The maximum absolute atomic E-state index is 12.6. The topological polar surface area (TPSA) is 66.6 Å². The van der Waals surface area contributed by atoms with Crippen LogP contribution in [0.3, 0.4) is 0 Å². The summed E-state index contributed by atoms with van der Waals surface area (Å²) in [7, 11) is -1.89. The predicted octanol–water partition coefficient (Wildman–Crippen LogP) is 1.77. The molecule has 0 aromatic heterocycles. The minimum absolute atomic E-state index is 0.0795. The summed E-state index contributed by atoms with van der Waals surface area (Å²) in [6, 6.07) is 5.33. The quantitative estimate of drug-likeness (QED) is 0.864. The SMILES string of the molecule is CC(C)N(C)S(=O)(=O)N1CCSc2ccc(N)cc21. The van der Waals surface area contributed by atoms with Crippen molar-refractivity contribution in [3.8, 4) is 0 Å². The first-order valence-corrected chi connectivity index (χ1v) is 8.50. The molecule has 1 heterocycles. The lowest BCUT2D eigenvalue weighted by atomic mass is 10.3. The Hall–Kier alpha value is -0.920. The van der Waals surface area contributed by atoms with E-state index in [4.69, 9.17) is 5.73 Å². The Morgan fingerprint density at radius 3 is 2.74 bits per heavy atom. The van der Waals surface area contributed by atoms with Gasteiger partial charge in [-0.1, -0.05) is 0 Å². The molecule has 0 atom stereocenters. The molecule has 0 saturated carbocycles. The molecule has 2 N–H and O–H groups in total. The van der Waals surface area contributed by atoms with Gasteiger partial charge in [0.05, 0.1) is 5.69 Å². The molecule has 0 amide bonds. The van der Waals surface area contributed by atoms with Gasteiger partial charge in [-0.25, -0.2) is 0 Å². The second kappa shape index (κ2) is 5.22. The largest absolute Gasteiger partial charge is 0.399 e. The molecule has 0 unspecified atom stereocenters. The van der Waals surface area contributed by atoms with Crippen molar-refractivity contribution in [1.29, 1.82) is 0 Å². The first-order valence-electron chi connectivity index (χ1n) is 6.12. The van der Waals surface area contributed by atoms with E-state index in [9.17, 15) is 8.42 Å². The van der Waals surface area contributed by atoms with E-state index in [0.29, 0.717) is 17.9 Å². The number of thioether (sulfide) groups is 1. The van der Waals surface area contributed by atoms with Gasteiger partial charge in [0.15, 0.2) is 0 Å². The Labute approximate surface area is 118 Å². The number of nitrogen functional groups attached to an aromatic ring is 1. The molecule has 2 rings (SSSR count). The molecule has 0 aliphatic carbocycles. The molecule has 7 heteroatoms. The number of nitrogens with two attached hydrogens (primary N) is 1. The highest BCUT2D eigenvalue weighted by Gasteiger charge is 2.32. The van der Waals surface area contributed by atoms with Gasteiger partial charge in [0, 0.05) is 36.0 Å². The average molecular weight is 301 g/mol. The Bertz CT molecular complexity index is 572. The smallest absolute Gasteiger partial charge is 0.304 e. The normalized spacial score (nSPS) is 15.9. The fourth-order valence-corrected chi connectivity index (χ4v) is 4.59. The fraction of sp³-hybridized carbons (Fsp3) is 0.500. The molecule has 5 nitrogen and oxygen atoms in total. The minimum atomic E-state index is -3.49. The molecule has 0 fully saturated rings. The minimum Gasteiger partial charge on any atom is -0.399 e. The highest BCUT2D eigenvalue weighted by molar-refractivity contribution is 7.99. The standard InChI is InChI=1S/C12H19N3O2S2/c1-9(2)14(3)19(16,17)15-6-7-18-12-5-4-10(13)8-11(12)15/h4-5,8-9H,6-7,13H2,1-3H3. The Balaban J connectivity index is 2.46. The van der Waals surface area contributed by atoms with Crippen LogP contribution in [0.15, 0.2) is 23.1 Å². The van der Waals surface area contributed by atoms with Crippen LogP contribution in [0, 0.1) is 0 Å². The molecule has 19 heavy (non-hydrogen) atoms. The first-order chi connectivity index (χ1) is 8.84. The van der Waals surface area contributed by atoms with Crippen LogP contribution in [0.2, 0.25) is 0 Å². The maximum atomic E-state index is 12.6. The van der Waals surface area contributed by atoms with E-state index in [1.54, 1.807) is 30.9 Å². The number of nitrogens with zero attached hydrogens (tertiary/aromatic N) is 2. The number of anilines is 2. The second-order valence-electron chi connectivity index (χ2n) is 4.77. The van der Waals surface area contributed by atoms with E-state index in [1.807, 2.05) is 19.9 Å². The third kappa shape index (κ3) is 2.68. The number of benzene rings is 1. The van der Waals surface area contributed by atoms with Crippen LogP contribution in [0.1, 0.15) is 13.8 Å². The number of rotatable bonds is 3. The molecule has 0 bridgehead atoms. The summed E-state index contributed by atoms with van der Waals surface area (Å²) in [5.74, 6) is 0.752. The van der Waals surface area contributed by atoms with Crippen LogP contribution in [-0.2, 0) is 10.2 Å². The Kier molecular flexibility index (Phi) is 3.98. The zero-order chi connectivity index (χ0) is 14.2. The van der Waals surface area contributed by atoms with Gasteiger partial charge in [0.2, 0.25) is 0 Å². The third-order valence-corrected chi connectivity index (χ3v) is 6.30. The van der Waals surface area contributed by atoms with Gasteiger partial charge in [-0.2, -0.15) is 12.7 Å². The summed E-state index contributed by atoms with van der Waals surface area (Å²) >= 11 is 1.66. The summed E-state index contributed by atoms with van der Waals surface area (Å²) in [5, 5.41) is 0. The summed E-state index contributed by atoms with van der Waals surface area (Å²) in [4.78, 5) is 0.959. The van der Waals surface area contributed by atoms with Crippen LogP contribution >= 0.6 is 11.8 Å². The first kappa shape index (κ1) is 14.5. The van der Waals surface area contributed by atoms with Gasteiger partial charge in [-0.05, 0) is 32.0 Å². The molecular weight excluding hydrogens is 282 g/mol. The number of fused-ring (bicyclic) bond motifs is 1. The van der Waals surface area contributed by atoms with Crippen LogP contribution in [0.25, 0.3) is 0 Å². The van der Waals surface area contributed by atoms with Gasteiger partial charge in [-0.15, -0.1) is 11.8 Å². The predicted molar refractivity (Wildman–Crippen MR) is 80.7 cm³/mol. The van der Waals surface area contributed by atoms with E-state index < -0.39 is 10.2 Å². The van der Waals surface area contributed by atoms with Gasteiger partial charge in [0.1, 0.15) is 0 Å². The van der Waals surface area contributed by atoms with Crippen molar-refractivity contribution < 1.29 is 8.42 Å². The molecule has 1 aromatic rings. The van der Waals surface area contributed by atoms with Crippen LogP contribution in [0.4, 0.5) is 11.4 Å². The van der Waals surface area contributed by atoms with Gasteiger partial charge < -0.3 is 5.73 Å². The third-order valence-electron chi connectivity index (χ3n) is 3.17. The van der Waals surface area contributed by atoms with Crippen molar-refractivity contribution in [2.75, 3.05) is 29.4 Å². The fourth-order valence-electron chi connectivity index (χ4n) is 1.87. The van der Waals surface area contributed by atoms with E-state index >= 15 is 0 Å². The lowest BCUT2D eigenvalue weighted by Crippen LogP contribution is -2.46. The highest BCUT2D eigenvalue weighted by Crippen LogP contribution is 2.38. The van der Waals surface area contributed by atoms with Crippen molar-refractivity contribution in [2.45, 2.75) is 24.8 Å². The molecule has 0 saturated heterocycles. The van der Waals surface area contributed by atoms with Crippen molar-refractivity contribution in [1.82, 2.24) is 4.31 Å². The molecule has 0 spiro atoms. The Morgan fingerprint density at radius 2 is 2.11 bits per heavy atom. The monoisotopic (exact) mass is 301 g/mol. The summed E-state index contributed by atoms with van der Waals surface area (Å²) in [6.45, 7) is 4.19. The maximum Gasteiger partial charge on any atom is 0.304 e. The van der Waals surface area contributed by atoms with Crippen molar-refractivity contribution in [2.24, 2.45) is 0 Å². The summed E-state index contributed by atoms with van der Waals surface area (Å²) in [5.41, 5.74) is 7.04. The van der Waals surface area contributed by atoms with Crippen LogP contribution < -0.4 is 10.0 Å². The van der Waals surface area contributed by atoms with E-state index in [1.165, 1.54) is 8.61 Å². The summed E-state index contributed by atoms with van der Waals surface area (Å²) in [6.07, 6.45) is 0. The molecule has 0 radical (unpaired) electrons. The molecule has 1 aliphatic heterocycles. The lowest BCUT2D eigenvalue weighted by Gasteiger charge is -2.34. The zero-order valence-corrected chi connectivity index (χ0v) is 13.0. The number of hydrogen-bond donors (Lipinski definition) is 1. The van der Waals surface area contributed by atoms with Crippen molar-refractivity contribution in [3.63, 3.8) is 0 Å². The zero-order valence-electron chi connectivity index (χ0n) is 11.3. The van der Waals surface area contributed by atoms with Crippen molar-refractivity contribution >= 4 is 33.3 Å². The van der Waals surface area contributed by atoms with E-state index in [0.717, 1.165) is 10.6 Å². The van der Waals surface area contributed by atoms with Crippen molar-refractivity contribution in [3.05, 3.63) is 18.2 Å². The van der Waals surface area contributed by atoms with Gasteiger partial charge in [-0.3, -0.25) is 4.31 Å². The van der Waals surface area contributed by atoms with Gasteiger partial charge in [0.25, 0.3) is 0 Å². The van der Waals surface area contributed by atoms with E-state index in [-0.39, 0.29) is 6.04 Å². The Morgan fingerprint density at radius 1 is 1.42 bits per heavy atom. The highest BCUT2D eigenvalue weighted by atomic mass is 32.2. The molecule has 1 aliphatic rings. The lowest BCUT2D eigenvalue weighted by molar-refractivity contribution is 0.408. The number of hydrogen-bond acceptors (Lipinski definition) is 4. The molecular formula is C12H19N3O2S2. The van der Waals surface area contributed by atoms with Crippen LogP contribution in [0.5, 0.6) is 0 Å². The summed E-state index contributed by atoms with van der Waals surface area (Å²) < 4.78 is 28.0. The molecule has 106 valence electrons. The average Bonchev–Trinajstić information content (AvgIpc) is 2.36. The molecule has 1 aromatic carbocycles. The van der Waals surface area contributed by atoms with Gasteiger partial charge >= 0.3 is 10.2 Å². The van der Waals surface area contributed by atoms with E-state index in [2.05, 4.69) is 0 Å². The second-order valence-corrected chi connectivity index (χ2v) is 7.81.